The number of carbonyl (C=O) groups excluding carboxylic acids is 1. The van der Waals surface area contributed by atoms with E-state index in [1.165, 1.54) is 19.1 Å². The second-order valence-corrected chi connectivity index (χ2v) is 5.83. The van der Waals surface area contributed by atoms with E-state index >= 15 is 0 Å². The summed E-state index contributed by atoms with van der Waals surface area (Å²) in [5.41, 5.74) is -2.49. The molecule has 2 rings (SSSR count). The third-order valence-corrected chi connectivity index (χ3v) is 3.69. The maximum absolute atomic E-state index is 13.0. The highest BCUT2D eigenvalue weighted by atomic mass is 19.4. The van der Waals surface area contributed by atoms with Crippen LogP contribution in [-0.4, -0.2) is 17.6 Å². The molecule has 0 fully saturated rings. The molecule has 2 N–H and O–H groups in total. The predicted molar refractivity (Wildman–Crippen MR) is 81.5 cm³/mol. The molecule has 1 unspecified atom stereocenters. The first-order valence-corrected chi connectivity index (χ1v) is 7.26. The van der Waals surface area contributed by atoms with Crippen LogP contribution in [0.2, 0.25) is 0 Å². The predicted octanol–water partition coefficient (Wildman–Crippen LogP) is 3.55. The van der Waals surface area contributed by atoms with Gasteiger partial charge in [-0.2, -0.15) is 13.2 Å². The molecule has 130 valence electrons. The Bertz CT molecular complexity index is 748. The molecule has 0 saturated heterocycles. The molecule has 0 saturated carbocycles. The van der Waals surface area contributed by atoms with Crippen LogP contribution in [0, 0.1) is 13.8 Å². The van der Waals surface area contributed by atoms with Gasteiger partial charge >= 0.3 is 6.18 Å². The number of hydrogen-bond acceptors (Lipinski definition) is 3. The maximum atomic E-state index is 13.0. The van der Waals surface area contributed by atoms with Gasteiger partial charge in [0.2, 0.25) is 0 Å². The number of carbonyl (C=O) groups is 1. The normalized spacial score (nSPS) is 14.3. The smallest absolute Gasteiger partial charge is 0.417 e. The van der Waals surface area contributed by atoms with E-state index < -0.39 is 28.8 Å². The van der Waals surface area contributed by atoms with E-state index in [9.17, 15) is 23.1 Å². The molecule has 0 aliphatic rings. The largest absolute Gasteiger partial charge is 0.466 e. The maximum Gasteiger partial charge on any atom is 0.417 e. The van der Waals surface area contributed by atoms with Crippen LogP contribution in [0.5, 0.6) is 0 Å². The van der Waals surface area contributed by atoms with Crippen molar-refractivity contribution in [1.29, 1.82) is 0 Å². The number of aryl methyl sites for hydroxylation is 2. The Morgan fingerprint density at radius 1 is 1.21 bits per heavy atom. The number of benzene rings is 1. The van der Waals surface area contributed by atoms with Gasteiger partial charge in [-0.25, -0.2) is 0 Å². The summed E-state index contributed by atoms with van der Waals surface area (Å²) in [6.07, 6.45) is -4.63. The lowest BCUT2D eigenvalue weighted by Gasteiger charge is -2.23. The molecule has 7 heteroatoms. The van der Waals surface area contributed by atoms with Crippen molar-refractivity contribution in [2.45, 2.75) is 32.5 Å². The minimum atomic E-state index is -4.63. The van der Waals surface area contributed by atoms with Crippen LogP contribution in [0.1, 0.15) is 39.9 Å². The fourth-order valence-corrected chi connectivity index (χ4v) is 2.54. The number of halogens is 3. The van der Waals surface area contributed by atoms with Crippen LogP contribution in [0.25, 0.3) is 0 Å². The van der Waals surface area contributed by atoms with Crippen molar-refractivity contribution >= 4 is 5.91 Å². The number of furan rings is 1. The first-order valence-electron chi connectivity index (χ1n) is 7.26. The first-order chi connectivity index (χ1) is 11.0. The van der Waals surface area contributed by atoms with E-state index in [4.69, 9.17) is 4.42 Å². The van der Waals surface area contributed by atoms with Gasteiger partial charge in [0.1, 0.15) is 17.1 Å². The molecule has 1 heterocycles. The van der Waals surface area contributed by atoms with E-state index in [-0.39, 0.29) is 6.54 Å². The summed E-state index contributed by atoms with van der Waals surface area (Å²) in [5, 5.41) is 12.9. The van der Waals surface area contributed by atoms with E-state index in [0.717, 1.165) is 12.1 Å². The van der Waals surface area contributed by atoms with Gasteiger partial charge in [-0.05, 0) is 39.0 Å². The first kappa shape index (κ1) is 18.1. The van der Waals surface area contributed by atoms with Crippen molar-refractivity contribution in [3.63, 3.8) is 0 Å². The zero-order chi connectivity index (χ0) is 18.1. The summed E-state index contributed by atoms with van der Waals surface area (Å²) in [6, 6.07) is 6.14. The SMILES string of the molecule is Cc1cc(C(C)(O)CNC(=O)c2ccccc2C(F)(F)F)c(C)o1. The van der Waals surface area contributed by atoms with Crippen LogP contribution < -0.4 is 5.32 Å². The van der Waals surface area contributed by atoms with Gasteiger partial charge in [0.15, 0.2) is 0 Å². The Morgan fingerprint density at radius 3 is 2.38 bits per heavy atom. The Hall–Kier alpha value is -2.28. The molecule has 24 heavy (non-hydrogen) atoms. The van der Waals surface area contributed by atoms with Gasteiger partial charge in [-0.15, -0.1) is 0 Å². The van der Waals surface area contributed by atoms with Gasteiger partial charge in [-0.3, -0.25) is 4.79 Å². The molecule has 1 aromatic carbocycles. The Labute approximate surface area is 137 Å². The minimum Gasteiger partial charge on any atom is -0.466 e. The van der Waals surface area contributed by atoms with Crippen molar-refractivity contribution in [2.75, 3.05) is 6.54 Å². The van der Waals surface area contributed by atoms with Gasteiger partial charge in [0.05, 0.1) is 17.7 Å². The summed E-state index contributed by atoms with van der Waals surface area (Å²) in [7, 11) is 0. The van der Waals surface area contributed by atoms with Crippen molar-refractivity contribution in [2.24, 2.45) is 0 Å². The highest BCUT2D eigenvalue weighted by molar-refractivity contribution is 5.95. The molecule has 0 aliphatic carbocycles. The van der Waals surface area contributed by atoms with E-state index in [1.807, 2.05) is 0 Å². The Balaban J connectivity index is 2.18. The average molecular weight is 341 g/mol. The van der Waals surface area contributed by atoms with Gasteiger partial charge in [-0.1, -0.05) is 12.1 Å². The second kappa shape index (κ2) is 6.32. The lowest BCUT2D eigenvalue weighted by atomic mass is 9.96. The third-order valence-electron chi connectivity index (χ3n) is 3.69. The fourth-order valence-electron chi connectivity index (χ4n) is 2.54. The molecule has 1 amide bonds. The van der Waals surface area contributed by atoms with Gasteiger partial charge < -0.3 is 14.8 Å². The standard InChI is InChI=1S/C17H18F3NO3/c1-10-8-14(11(2)24-10)16(3,23)9-21-15(22)12-6-4-5-7-13(12)17(18,19)20/h4-8,23H,9H2,1-3H3,(H,21,22). The number of rotatable bonds is 4. The summed E-state index contributed by atoms with van der Waals surface area (Å²) in [5.74, 6) is 0.181. The Kier molecular flexibility index (Phi) is 4.75. The number of hydrogen-bond donors (Lipinski definition) is 2. The molecule has 1 aromatic heterocycles. The van der Waals surface area contributed by atoms with Crippen molar-refractivity contribution in [3.05, 3.63) is 58.5 Å². The highest BCUT2D eigenvalue weighted by Gasteiger charge is 2.35. The monoisotopic (exact) mass is 341 g/mol. The molecular weight excluding hydrogens is 323 g/mol. The second-order valence-electron chi connectivity index (χ2n) is 5.83. The summed E-state index contributed by atoms with van der Waals surface area (Å²) < 4.78 is 44.2. The van der Waals surface area contributed by atoms with E-state index in [1.54, 1.807) is 19.9 Å². The molecule has 4 nitrogen and oxygen atoms in total. The van der Waals surface area contributed by atoms with Crippen LogP contribution in [0.4, 0.5) is 13.2 Å². The molecule has 2 aromatic rings. The lowest BCUT2D eigenvalue weighted by Crippen LogP contribution is -2.39. The van der Waals surface area contributed by atoms with Crippen molar-refractivity contribution < 1.29 is 27.5 Å². The van der Waals surface area contributed by atoms with Crippen LogP contribution >= 0.6 is 0 Å². The highest BCUT2D eigenvalue weighted by Crippen LogP contribution is 2.32. The number of alkyl halides is 3. The zero-order valence-electron chi connectivity index (χ0n) is 13.5. The van der Waals surface area contributed by atoms with Crippen LogP contribution in [-0.2, 0) is 11.8 Å². The Morgan fingerprint density at radius 2 is 1.83 bits per heavy atom. The summed E-state index contributed by atoms with van der Waals surface area (Å²) in [4.78, 5) is 12.1. The van der Waals surface area contributed by atoms with Crippen molar-refractivity contribution in [1.82, 2.24) is 5.32 Å². The third kappa shape index (κ3) is 3.79. The lowest BCUT2D eigenvalue weighted by molar-refractivity contribution is -0.137. The minimum absolute atomic E-state index is 0.252. The number of nitrogens with one attached hydrogen (secondary N) is 1. The van der Waals surface area contributed by atoms with E-state index in [0.29, 0.717) is 17.1 Å². The molecule has 0 spiro atoms. The van der Waals surface area contributed by atoms with Gasteiger partial charge in [0, 0.05) is 5.56 Å². The summed E-state index contributed by atoms with van der Waals surface area (Å²) in [6.45, 7) is 4.58. The fraction of sp³-hybridized carbons (Fsp3) is 0.353. The zero-order valence-corrected chi connectivity index (χ0v) is 13.5. The van der Waals surface area contributed by atoms with E-state index in [2.05, 4.69) is 5.32 Å². The number of amides is 1. The molecular formula is C17H18F3NO3. The van der Waals surface area contributed by atoms with Crippen molar-refractivity contribution in [3.8, 4) is 0 Å². The molecule has 0 radical (unpaired) electrons. The summed E-state index contributed by atoms with van der Waals surface area (Å²) >= 11 is 0. The van der Waals surface area contributed by atoms with Crippen LogP contribution in [0.15, 0.2) is 34.7 Å². The van der Waals surface area contributed by atoms with Gasteiger partial charge in [0.25, 0.3) is 5.91 Å². The number of aliphatic hydroxyl groups is 1. The molecule has 0 bridgehead atoms. The topological polar surface area (TPSA) is 62.5 Å². The molecule has 0 aliphatic heterocycles. The van der Waals surface area contributed by atoms with Crippen LogP contribution in [0.3, 0.4) is 0 Å². The quantitative estimate of drug-likeness (QED) is 0.894. The molecule has 1 atom stereocenters. The average Bonchev–Trinajstić information content (AvgIpc) is 2.83.